The first kappa shape index (κ1) is 9.43. The third-order valence-electron chi connectivity index (χ3n) is 2.55. The van der Waals surface area contributed by atoms with Crippen molar-refractivity contribution in [3.05, 3.63) is 29.6 Å². The second kappa shape index (κ2) is 3.22. The van der Waals surface area contributed by atoms with Crippen LogP contribution in [0.4, 0.5) is 4.39 Å². The van der Waals surface area contributed by atoms with Gasteiger partial charge >= 0.3 is 0 Å². The normalized spacial score (nSPS) is 26.7. The number of hydrogen-bond acceptors (Lipinski definition) is 3. The molecule has 0 amide bonds. The molecule has 1 fully saturated rings. The van der Waals surface area contributed by atoms with Crippen molar-refractivity contribution < 1.29 is 14.6 Å². The molecule has 2 rings (SSSR count). The second-order valence-electron chi connectivity index (χ2n) is 3.66. The number of hydrogen-bond donors (Lipinski definition) is 3. The average molecular weight is 197 g/mol. The van der Waals surface area contributed by atoms with Crippen molar-refractivity contribution in [2.24, 2.45) is 0 Å². The third-order valence-corrected chi connectivity index (χ3v) is 2.55. The van der Waals surface area contributed by atoms with E-state index in [1.165, 1.54) is 12.1 Å². The lowest BCUT2D eigenvalue weighted by molar-refractivity contribution is 0.0581. The van der Waals surface area contributed by atoms with Gasteiger partial charge in [0.1, 0.15) is 17.2 Å². The van der Waals surface area contributed by atoms with E-state index >= 15 is 0 Å². The zero-order valence-electron chi connectivity index (χ0n) is 7.63. The van der Waals surface area contributed by atoms with E-state index in [-0.39, 0.29) is 5.75 Å². The lowest BCUT2D eigenvalue weighted by atomic mass is 9.93. The first-order valence-corrected chi connectivity index (χ1v) is 4.53. The lowest BCUT2D eigenvalue weighted by Gasteiger charge is -2.21. The summed E-state index contributed by atoms with van der Waals surface area (Å²) in [5.74, 6) is -0.680. The number of rotatable bonds is 1. The number of aromatic hydroxyl groups is 1. The molecule has 1 unspecified atom stereocenters. The molecule has 1 aliphatic rings. The number of phenols is 1. The predicted molar refractivity (Wildman–Crippen MR) is 49.4 cm³/mol. The van der Waals surface area contributed by atoms with Crippen molar-refractivity contribution in [3.63, 3.8) is 0 Å². The van der Waals surface area contributed by atoms with Crippen LogP contribution in [-0.2, 0) is 5.60 Å². The largest absolute Gasteiger partial charge is 0.508 e. The van der Waals surface area contributed by atoms with Gasteiger partial charge in [-0.1, -0.05) is 0 Å². The Morgan fingerprint density at radius 2 is 2.14 bits per heavy atom. The fourth-order valence-electron chi connectivity index (χ4n) is 1.77. The molecule has 0 radical (unpaired) electrons. The summed E-state index contributed by atoms with van der Waals surface area (Å²) >= 11 is 0. The number of benzene rings is 1. The molecule has 0 aromatic heterocycles. The average Bonchev–Trinajstić information content (AvgIpc) is 2.52. The monoisotopic (exact) mass is 197 g/mol. The van der Waals surface area contributed by atoms with Crippen molar-refractivity contribution >= 4 is 0 Å². The summed E-state index contributed by atoms with van der Waals surface area (Å²) in [7, 11) is 0. The van der Waals surface area contributed by atoms with E-state index in [0.29, 0.717) is 25.1 Å². The minimum atomic E-state index is -1.04. The molecule has 14 heavy (non-hydrogen) atoms. The summed E-state index contributed by atoms with van der Waals surface area (Å²) in [5.41, 5.74) is -0.612. The Balaban J connectivity index is 2.40. The Bertz CT molecular complexity index is 328. The van der Waals surface area contributed by atoms with Crippen LogP contribution in [0, 0.1) is 5.82 Å². The second-order valence-corrected chi connectivity index (χ2v) is 3.66. The molecular weight excluding hydrogens is 185 g/mol. The van der Waals surface area contributed by atoms with E-state index < -0.39 is 11.4 Å². The van der Waals surface area contributed by atoms with Gasteiger partial charge in [-0.3, -0.25) is 0 Å². The molecule has 1 aromatic rings. The van der Waals surface area contributed by atoms with E-state index in [9.17, 15) is 14.6 Å². The molecule has 1 saturated heterocycles. The lowest BCUT2D eigenvalue weighted by Crippen LogP contribution is -2.28. The van der Waals surface area contributed by atoms with E-state index in [4.69, 9.17) is 0 Å². The van der Waals surface area contributed by atoms with Gasteiger partial charge < -0.3 is 15.5 Å². The van der Waals surface area contributed by atoms with Gasteiger partial charge in [0.15, 0.2) is 0 Å². The molecule has 1 aromatic carbocycles. The van der Waals surface area contributed by atoms with Crippen LogP contribution in [-0.4, -0.2) is 23.3 Å². The Labute approximate surface area is 81.2 Å². The van der Waals surface area contributed by atoms with Crippen LogP contribution >= 0.6 is 0 Å². The van der Waals surface area contributed by atoms with E-state index in [2.05, 4.69) is 5.32 Å². The molecule has 0 aliphatic carbocycles. The Morgan fingerprint density at radius 3 is 2.71 bits per heavy atom. The zero-order chi connectivity index (χ0) is 10.2. The summed E-state index contributed by atoms with van der Waals surface area (Å²) < 4.78 is 13.0. The van der Waals surface area contributed by atoms with Gasteiger partial charge in [0.2, 0.25) is 0 Å². The third kappa shape index (κ3) is 1.58. The van der Waals surface area contributed by atoms with Crippen LogP contribution in [0.25, 0.3) is 0 Å². The molecule has 1 atom stereocenters. The Kier molecular flexibility index (Phi) is 2.17. The van der Waals surface area contributed by atoms with Crippen LogP contribution < -0.4 is 5.32 Å². The predicted octanol–water partition coefficient (Wildman–Crippen LogP) is 0.712. The molecule has 3 nitrogen and oxygen atoms in total. The highest BCUT2D eigenvalue weighted by atomic mass is 19.1. The molecule has 0 saturated carbocycles. The van der Waals surface area contributed by atoms with E-state index in [1.54, 1.807) is 0 Å². The zero-order valence-corrected chi connectivity index (χ0v) is 7.63. The van der Waals surface area contributed by atoms with Crippen molar-refractivity contribution in [1.82, 2.24) is 5.32 Å². The topological polar surface area (TPSA) is 52.5 Å². The van der Waals surface area contributed by atoms with Gasteiger partial charge in [-0.05, 0) is 30.7 Å². The van der Waals surface area contributed by atoms with Crippen LogP contribution in [0.15, 0.2) is 18.2 Å². The molecule has 4 heteroatoms. The molecule has 0 spiro atoms. The van der Waals surface area contributed by atoms with Crippen molar-refractivity contribution in [2.75, 3.05) is 13.1 Å². The van der Waals surface area contributed by atoms with Crippen LogP contribution in [0.3, 0.4) is 0 Å². The Morgan fingerprint density at radius 1 is 1.36 bits per heavy atom. The number of aliphatic hydroxyl groups is 1. The first-order chi connectivity index (χ1) is 6.60. The number of phenolic OH excluding ortho intramolecular Hbond substituents is 1. The summed E-state index contributed by atoms with van der Waals surface area (Å²) in [6.07, 6.45) is 0.538. The van der Waals surface area contributed by atoms with E-state index in [1.807, 2.05) is 0 Å². The van der Waals surface area contributed by atoms with Gasteiger partial charge in [0, 0.05) is 12.6 Å². The summed E-state index contributed by atoms with van der Waals surface area (Å²) in [5, 5.41) is 22.3. The molecule has 1 aliphatic heterocycles. The fraction of sp³-hybridized carbons (Fsp3) is 0.400. The number of β-amino-alcohol motifs (C(OH)–C–C–N with tert-alkyl or cyclic N) is 1. The van der Waals surface area contributed by atoms with Gasteiger partial charge in [-0.15, -0.1) is 0 Å². The van der Waals surface area contributed by atoms with Crippen molar-refractivity contribution in [2.45, 2.75) is 12.0 Å². The van der Waals surface area contributed by atoms with E-state index in [0.717, 1.165) is 6.07 Å². The standard InChI is InChI=1S/C10H12FNO2/c11-8-3-7(4-9(13)5-8)10(14)1-2-12-6-10/h3-5,12-14H,1-2,6H2. The molecule has 76 valence electrons. The summed E-state index contributed by atoms with van der Waals surface area (Å²) in [6.45, 7) is 1.10. The quantitative estimate of drug-likeness (QED) is 0.621. The summed E-state index contributed by atoms with van der Waals surface area (Å²) in [6, 6.07) is 3.68. The highest BCUT2D eigenvalue weighted by Crippen LogP contribution is 2.30. The molecule has 3 N–H and O–H groups in total. The first-order valence-electron chi connectivity index (χ1n) is 4.53. The van der Waals surface area contributed by atoms with Crippen molar-refractivity contribution in [1.29, 1.82) is 0 Å². The maximum Gasteiger partial charge on any atom is 0.127 e. The number of nitrogens with one attached hydrogen (secondary N) is 1. The van der Waals surface area contributed by atoms with Crippen LogP contribution in [0.1, 0.15) is 12.0 Å². The SMILES string of the molecule is Oc1cc(F)cc(C2(O)CCNC2)c1. The van der Waals surface area contributed by atoms with Gasteiger partial charge in [0.25, 0.3) is 0 Å². The summed E-state index contributed by atoms with van der Waals surface area (Å²) in [4.78, 5) is 0. The number of halogens is 1. The van der Waals surface area contributed by atoms with Gasteiger partial charge in [-0.2, -0.15) is 0 Å². The minimum Gasteiger partial charge on any atom is -0.508 e. The van der Waals surface area contributed by atoms with Crippen LogP contribution in [0.5, 0.6) is 5.75 Å². The molecular formula is C10H12FNO2. The smallest absolute Gasteiger partial charge is 0.127 e. The van der Waals surface area contributed by atoms with Gasteiger partial charge in [0.05, 0.1) is 0 Å². The maximum atomic E-state index is 13.0. The highest BCUT2D eigenvalue weighted by molar-refractivity contribution is 5.33. The minimum absolute atomic E-state index is 0.152. The van der Waals surface area contributed by atoms with Gasteiger partial charge in [-0.25, -0.2) is 4.39 Å². The maximum absolute atomic E-state index is 13.0. The fourth-order valence-corrected chi connectivity index (χ4v) is 1.77. The Hall–Kier alpha value is -1.13. The molecule has 1 heterocycles. The highest BCUT2D eigenvalue weighted by Gasteiger charge is 2.33. The van der Waals surface area contributed by atoms with Crippen molar-refractivity contribution in [3.8, 4) is 5.75 Å². The molecule has 0 bridgehead atoms. The van der Waals surface area contributed by atoms with Crippen LogP contribution in [0.2, 0.25) is 0 Å².